The molecule has 0 unspecified atom stereocenters. The van der Waals surface area contributed by atoms with Crippen molar-refractivity contribution < 1.29 is 27.2 Å². The first-order valence-corrected chi connectivity index (χ1v) is 11.4. The number of aromatic nitrogens is 1. The second-order valence-corrected chi connectivity index (χ2v) is 8.25. The predicted molar refractivity (Wildman–Crippen MR) is 126 cm³/mol. The van der Waals surface area contributed by atoms with Crippen molar-refractivity contribution in [2.24, 2.45) is 0 Å². The van der Waals surface area contributed by atoms with Gasteiger partial charge in [-0.15, -0.1) is 0 Å². The summed E-state index contributed by atoms with van der Waals surface area (Å²) in [6.07, 6.45) is -2.26. The number of amides is 1. The van der Waals surface area contributed by atoms with Crippen LogP contribution in [0.5, 0.6) is 5.75 Å². The number of rotatable bonds is 9. The van der Waals surface area contributed by atoms with Gasteiger partial charge in [0.1, 0.15) is 23.3 Å². The minimum atomic E-state index is -4.38. The Kier molecular flexibility index (Phi) is 7.91. The Morgan fingerprint density at radius 3 is 2.49 bits per heavy atom. The van der Waals surface area contributed by atoms with Crippen molar-refractivity contribution in [3.8, 4) is 17.0 Å². The van der Waals surface area contributed by atoms with Crippen LogP contribution in [0.25, 0.3) is 11.3 Å². The summed E-state index contributed by atoms with van der Waals surface area (Å²) >= 11 is 0. The van der Waals surface area contributed by atoms with Crippen LogP contribution >= 0.6 is 0 Å². The highest BCUT2D eigenvalue weighted by atomic mass is 19.4. The third-order valence-electron chi connectivity index (χ3n) is 5.77. The van der Waals surface area contributed by atoms with Crippen molar-refractivity contribution in [2.45, 2.75) is 12.6 Å². The van der Waals surface area contributed by atoms with Crippen LogP contribution in [0.2, 0.25) is 0 Å². The number of carbonyl (C=O) groups is 1. The first kappa shape index (κ1) is 24.6. The van der Waals surface area contributed by atoms with Gasteiger partial charge in [0.2, 0.25) is 0 Å². The Labute approximate surface area is 201 Å². The maximum atomic E-state index is 12.6. The SMILES string of the molecule is O=C(NCCCN1CCN(c2ccccc2OCC(F)(F)F)CC1)c1conc1-c1ccccc1. The highest BCUT2D eigenvalue weighted by Crippen LogP contribution is 2.30. The number of nitrogens with zero attached hydrogens (tertiary/aromatic N) is 3. The first-order valence-electron chi connectivity index (χ1n) is 11.4. The number of hydrogen-bond acceptors (Lipinski definition) is 6. The van der Waals surface area contributed by atoms with Crippen molar-refractivity contribution in [2.75, 3.05) is 50.8 Å². The van der Waals surface area contributed by atoms with E-state index in [2.05, 4.69) is 15.4 Å². The third kappa shape index (κ3) is 6.75. The fraction of sp³-hybridized carbons (Fsp3) is 0.360. The fourth-order valence-corrected chi connectivity index (χ4v) is 4.01. The summed E-state index contributed by atoms with van der Waals surface area (Å²) in [6.45, 7) is 2.90. The highest BCUT2D eigenvalue weighted by molar-refractivity contribution is 5.99. The zero-order chi connectivity index (χ0) is 24.7. The summed E-state index contributed by atoms with van der Waals surface area (Å²) in [5.74, 6) is 0.00924. The number of nitrogens with one attached hydrogen (secondary N) is 1. The molecule has 10 heteroatoms. The van der Waals surface area contributed by atoms with Crippen molar-refractivity contribution >= 4 is 11.6 Å². The molecule has 1 amide bonds. The molecule has 0 saturated carbocycles. The van der Waals surface area contributed by atoms with E-state index in [0.29, 0.717) is 36.6 Å². The molecule has 1 aliphatic heterocycles. The summed E-state index contributed by atoms with van der Waals surface area (Å²) in [7, 11) is 0. The molecule has 0 aliphatic carbocycles. The number of carbonyl (C=O) groups excluding carboxylic acids is 1. The smallest absolute Gasteiger partial charge is 0.422 e. The number of hydrogen-bond donors (Lipinski definition) is 1. The van der Waals surface area contributed by atoms with E-state index < -0.39 is 12.8 Å². The third-order valence-corrected chi connectivity index (χ3v) is 5.77. The van der Waals surface area contributed by atoms with Gasteiger partial charge in [-0.1, -0.05) is 47.6 Å². The lowest BCUT2D eigenvalue weighted by Crippen LogP contribution is -2.47. The van der Waals surface area contributed by atoms with Gasteiger partial charge in [0.25, 0.3) is 5.91 Å². The van der Waals surface area contributed by atoms with Gasteiger partial charge in [0.15, 0.2) is 6.61 Å². The van der Waals surface area contributed by atoms with E-state index >= 15 is 0 Å². The minimum Gasteiger partial charge on any atom is -0.482 e. The molecular formula is C25H27F3N4O3. The normalized spacial score (nSPS) is 14.7. The molecule has 7 nitrogen and oxygen atoms in total. The minimum absolute atomic E-state index is 0.231. The molecule has 0 bridgehead atoms. The van der Waals surface area contributed by atoms with Crippen LogP contribution in [0.1, 0.15) is 16.8 Å². The van der Waals surface area contributed by atoms with Crippen LogP contribution in [0, 0.1) is 0 Å². The van der Waals surface area contributed by atoms with Crippen molar-refractivity contribution in [1.82, 2.24) is 15.4 Å². The van der Waals surface area contributed by atoms with Gasteiger partial charge in [-0.2, -0.15) is 13.2 Å². The quantitative estimate of drug-likeness (QED) is 0.455. The fourth-order valence-electron chi connectivity index (χ4n) is 4.01. The summed E-state index contributed by atoms with van der Waals surface area (Å²) < 4.78 is 47.7. The molecule has 1 N–H and O–H groups in total. The Hall–Kier alpha value is -3.53. The van der Waals surface area contributed by atoms with Crippen LogP contribution in [0.3, 0.4) is 0 Å². The molecule has 1 fully saturated rings. The molecule has 0 spiro atoms. The van der Waals surface area contributed by atoms with Gasteiger partial charge in [-0.3, -0.25) is 9.69 Å². The highest BCUT2D eigenvalue weighted by Gasteiger charge is 2.29. The molecule has 35 heavy (non-hydrogen) atoms. The Bertz CT molecular complexity index is 1100. The molecule has 0 radical (unpaired) electrons. The Morgan fingerprint density at radius 2 is 1.74 bits per heavy atom. The lowest BCUT2D eigenvalue weighted by molar-refractivity contribution is -0.153. The first-order chi connectivity index (χ1) is 16.9. The molecule has 186 valence electrons. The average Bonchev–Trinajstić information content (AvgIpc) is 3.36. The van der Waals surface area contributed by atoms with Crippen molar-refractivity contribution in [3.05, 3.63) is 66.4 Å². The van der Waals surface area contributed by atoms with Gasteiger partial charge < -0.3 is 19.5 Å². The molecule has 2 aromatic carbocycles. The molecule has 1 aliphatic rings. The van der Waals surface area contributed by atoms with E-state index in [1.807, 2.05) is 35.2 Å². The maximum Gasteiger partial charge on any atom is 0.422 e. The number of benzene rings is 2. The lowest BCUT2D eigenvalue weighted by atomic mass is 10.1. The van der Waals surface area contributed by atoms with Crippen LogP contribution in [-0.4, -0.2) is 68.0 Å². The van der Waals surface area contributed by atoms with E-state index in [1.54, 1.807) is 24.3 Å². The molecule has 0 atom stereocenters. The lowest BCUT2D eigenvalue weighted by Gasteiger charge is -2.36. The van der Waals surface area contributed by atoms with Gasteiger partial charge in [0, 0.05) is 38.3 Å². The second kappa shape index (κ2) is 11.3. The number of para-hydroxylation sites is 2. The number of halogens is 3. The van der Waals surface area contributed by atoms with E-state index in [0.717, 1.165) is 31.6 Å². The molecular weight excluding hydrogens is 461 g/mol. The van der Waals surface area contributed by atoms with E-state index in [4.69, 9.17) is 9.26 Å². The molecule has 3 aromatic rings. The number of anilines is 1. The Morgan fingerprint density at radius 1 is 1.03 bits per heavy atom. The van der Waals surface area contributed by atoms with Gasteiger partial charge in [-0.05, 0) is 25.1 Å². The summed E-state index contributed by atoms with van der Waals surface area (Å²) in [5.41, 5.74) is 2.40. The number of alkyl halides is 3. The van der Waals surface area contributed by atoms with Gasteiger partial charge in [0.05, 0.1) is 5.69 Å². The number of piperazine rings is 1. The summed E-state index contributed by atoms with van der Waals surface area (Å²) in [4.78, 5) is 16.9. The standard InChI is InChI=1S/C25H27F3N4O3/c26-25(27,28)18-34-22-10-5-4-9-21(22)32-15-13-31(14-16-32)12-6-11-29-24(33)20-17-35-30-23(20)19-7-2-1-3-8-19/h1-5,7-10,17H,6,11-16,18H2,(H,29,33). The van der Waals surface area contributed by atoms with Crippen molar-refractivity contribution in [3.63, 3.8) is 0 Å². The van der Waals surface area contributed by atoms with Crippen LogP contribution in [-0.2, 0) is 0 Å². The number of ether oxygens (including phenoxy) is 1. The van der Waals surface area contributed by atoms with Crippen LogP contribution < -0.4 is 15.0 Å². The molecule has 2 heterocycles. The van der Waals surface area contributed by atoms with Crippen LogP contribution in [0.4, 0.5) is 18.9 Å². The largest absolute Gasteiger partial charge is 0.482 e. The van der Waals surface area contributed by atoms with Crippen molar-refractivity contribution in [1.29, 1.82) is 0 Å². The molecule has 1 saturated heterocycles. The Balaban J connectivity index is 1.21. The second-order valence-electron chi connectivity index (χ2n) is 8.25. The monoisotopic (exact) mass is 488 g/mol. The zero-order valence-electron chi connectivity index (χ0n) is 19.1. The maximum absolute atomic E-state index is 12.6. The van der Waals surface area contributed by atoms with Gasteiger partial charge in [-0.25, -0.2) is 0 Å². The zero-order valence-corrected chi connectivity index (χ0v) is 19.1. The average molecular weight is 489 g/mol. The summed E-state index contributed by atoms with van der Waals surface area (Å²) in [6, 6.07) is 16.2. The van der Waals surface area contributed by atoms with Gasteiger partial charge >= 0.3 is 6.18 Å². The molecule has 4 rings (SSSR count). The van der Waals surface area contributed by atoms with E-state index in [1.165, 1.54) is 6.26 Å². The topological polar surface area (TPSA) is 70.8 Å². The predicted octanol–water partition coefficient (Wildman–Crippen LogP) is 4.22. The molecule has 1 aromatic heterocycles. The summed E-state index contributed by atoms with van der Waals surface area (Å²) in [5, 5.41) is 6.88. The van der Waals surface area contributed by atoms with E-state index in [-0.39, 0.29) is 11.7 Å². The van der Waals surface area contributed by atoms with E-state index in [9.17, 15) is 18.0 Å². The van der Waals surface area contributed by atoms with Crippen LogP contribution in [0.15, 0.2) is 65.4 Å².